The number of unbranched alkanes of at least 4 members (excludes halogenated alkanes) is 45. The average molecular weight is 1560 g/mol. The highest BCUT2D eigenvalue weighted by atomic mass is 16.8. The molecular formula is C91H165NO18. The van der Waals surface area contributed by atoms with Gasteiger partial charge in [-0.25, -0.2) is 0 Å². The highest BCUT2D eigenvalue weighted by Crippen LogP contribution is 2.34. The van der Waals surface area contributed by atoms with Crippen LogP contribution < -0.4 is 5.32 Å². The number of ether oxygens (including phenoxy) is 6. The van der Waals surface area contributed by atoms with Gasteiger partial charge in [-0.3, -0.25) is 4.79 Å². The molecule has 3 saturated heterocycles. The van der Waals surface area contributed by atoms with Crippen LogP contribution in [-0.2, 0) is 33.2 Å². The first kappa shape index (κ1) is 101. The molecule has 0 radical (unpaired) electrons. The van der Waals surface area contributed by atoms with Gasteiger partial charge in [0.15, 0.2) is 18.9 Å². The van der Waals surface area contributed by atoms with Crippen molar-refractivity contribution in [3.8, 4) is 0 Å². The summed E-state index contributed by atoms with van der Waals surface area (Å²) < 4.78 is 34.6. The second-order valence-corrected chi connectivity index (χ2v) is 32.0. The van der Waals surface area contributed by atoms with E-state index < -0.39 is 124 Å². The van der Waals surface area contributed by atoms with E-state index in [0.29, 0.717) is 12.8 Å². The standard InChI is InChI=1S/C91H165NO18/c1-3-5-7-9-11-13-15-17-19-21-23-25-27-29-31-33-34-35-36-37-38-39-40-41-43-45-47-49-51-53-55-57-59-61-63-65-67-69-79(97)92-74(75(96)68-66-64-62-60-58-56-54-52-50-48-46-44-42-32-30-28-26-24-22-20-18-16-14-12-10-8-6-4-2)73-105-89-85(103)82(100)87(77(71-94)107-89)110-91-86(104)83(101)88(78(72-95)108-91)109-90-84(102)81(99)80(98)76(70-93)106-90/h5,7,11,13,17,19,23,25,29,31,34-35,74-78,80-91,93-96,98-104H,3-4,6,8-10,12,14-16,18,20-22,24,26-28,30,32-33,36-73H2,1-2H3,(H,92,97)/b7-5-,13-11-,19-17-,25-23-,31-29-,35-34-. The Morgan fingerprint density at radius 1 is 0.336 bits per heavy atom. The van der Waals surface area contributed by atoms with E-state index in [9.17, 15) is 61.0 Å². The Morgan fingerprint density at radius 2 is 0.627 bits per heavy atom. The van der Waals surface area contributed by atoms with E-state index in [0.717, 1.165) is 83.5 Å². The normalized spacial score (nSPS) is 25.5. The van der Waals surface area contributed by atoms with Gasteiger partial charge in [0.05, 0.1) is 38.6 Å². The topological polar surface area (TPSA) is 307 Å². The molecular weight excluding hydrogens is 1390 g/mol. The summed E-state index contributed by atoms with van der Waals surface area (Å²) in [6.07, 6.45) is 67.2. The molecule has 642 valence electrons. The maximum atomic E-state index is 13.5. The fraction of sp³-hybridized carbons (Fsp3) is 0.857. The summed E-state index contributed by atoms with van der Waals surface area (Å²) in [5.41, 5.74) is 0. The Hall–Kier alpha value is -2.77. The number of nitrogens with one attached hydrogen (secondary N) is 1. The van der Waals surface area contributed by atoms with Crippen molar-refractivity contribution in [1.82, 2.24) is 5.32 Å². The van der Waals surface area contributed by atoms with Gasteiger partial charge in [-0.2, -0.15) is 0 Å². The molecule has 0 aliphatic carbocycles. The van der Waals surface area contributed by atoms with Gasteiger partial charge in [-0.1, -0.05) is 369 Å². The second kappa shape index (κ2) is 70.4. The molecule has 3 fully saturated rings. The van der Waals surface area contributed by atoms with Crippen LogP contribution in [0.2, 0.25) is 0 Å². The van der Waals surface area contributed by atoms with Gasteiger partial charge in [0.25, 0.3) is 0 Å². The molecule has 3 aliphatic rings. The van der Waals surface area contributed by atoms with Crippen LogP contribution in [-0.4, -0.2) is 193 Å². The molecule has 3 aliphatic heterocycles. The van der Waals surface area contributed by atoms with Crippen molar-refractivity contribution < 1.29 is 89.4 Å². The number of carbonyl (C=O) groups excluding carboxylic acids is 1. The minimum absolute atomic E-state index is 0.237. The molecule has 12 N–H and O–H groups in total. The lowest BCUT2D eigenvalue weighted by Crippen LogP contribution is -2.66. The smallest absolute Gasteiger partial charge is 0.220 e. The lowest BCUT2D eigenvalue weighted by atomic mass is 9.96. The molecule has 110 heavy (non-hydrogen) atoms. The van der Waals surface area contributed by atoms with Gasteiger partial charge in [-0.15, -0.1) is 0 Å². The fourth-order valence-corrected chi connectivity index (χ4v) is 15.1. The van der Waals surface area contributed by atoms with Crippen molar-refractivity contribution in [2.75, 3.05) is 26.4 Å². The Morgan fingerprint density at radius 3 is 0.982 bits per heavy atom. The molecule has 1 amide bonds. The van der Waals surface area contributed by atoms with E-state index in [2.05, 4.69) is 92.1 Å². The molecule has 3 rings (SSSR count). The number of rotatable bonds is 73. The van der Waals surface area contributed by atoms with Crippen molar-refractivity contribution in [3.63, 3.8) is 0 Å². The van der Waals surface area contributed by atoms with E-state index in [-0.39, 0.29) is 18.9 Å². The number of amides is 1. The monoisotopic (exact) mass is 1560 g/mol. The summed E-state index contributed by atoms with van der Waals surface area (Å²) in [7, 11) is 0. The molecule has 0 aromatic carbocycles. The zero-order valence-electron chi connectivity index (χ0n) is 69.2. The van der Waals surface area contributed by atoms with Crippen LogP contribution in [0, 0.1) is 0 Å². The molecule has 0 aromatic heterocycles. The summed E-state index contributed by atoms with van der Waals surface area (Å²) in [5, 5.41) is 121. The Balaban J connectivity index is 1.31. The number of aliphatic hydroxyl groups excluding tert-OH is 11. The average Bonchev–Trinajstić information content (AvgIpc) is 0.784. The Labute approximate surface area is 668 Å². The molecule has 17 atom stereocenters. The van der Waals surface area contributed by atoms with Crippen molar-refractivity contribution in [3.05, 3.63) is 72.9 Å². The van der Waals surface area contributed by atoms with E-state index in [1.165, 1.54) is 250 Å². The zero-order chi connectivity index (χ0) is 79.5. The van der Waals surface area contributed by atoms with Crippen molar-refractivity contribution in [2.24, 2.45) is 0 Å². The Kier molecular flexibility index (Phi) is 64.9. The molecule has 19 heteroatoms. The van der Waals surface area contributed by atoms with E-state index >= 15 is 0 Å². The second-order valence-electron chi connectivity index (χ2n) is 32.0. The summed E-state index contributed by atoms with van der Waals surface area (Å²) >= 11 is 0. The number of carbonyl (C=O) groups is 1. The minimum atomic E-state index is -1.97. The third-order valence-corrected chi connectivity index (χ3v) is 22.3. The van der Waals surface area contributed by atoms with Crippen LogP contribution >= 0.6 is 0 Å². The van der Waals surface area contributed by atoms with Gasteiger partial charge in [-0.05, 0) is 64.2 Å². The first-order valence-electron chi connectivity index (χ1n) is 45.2. The number of hydrogen-bond donors (Lipinski definition) is 12. The third kappa shape index (κ3) is 48.7. The van der Waals surface area contributed by atoms with E-state index in [1.54, 1.807) is 0 Å². The van der Waals surface area contributed by atoms with Crippen LogP contribution in [0.25, 0.3) is 0 Å². The molecule has 0 bridgehead atoms. The van der Waals surface area contributed by atoms with E-state index in [4.69, 9.17) is 28.4 Å². The third-order valence-electron chi connectivity index (χ3n) is 22.3. The molecule has 19 nitrogen and oxygen atoms in total. The van der Waals surface area contributed by atoms with Gasteiger partial charge < -0.3 is 89.9 Å². The van der Waals surface area contributed by atoms with Crippen molar-refractivity contribution in [1.29, 1.82) is 0 Å². The van der Waals surface area contributed by atoms with Crippen molar-refractivity contribution >= 4 is 5.91 Å². The Bertz CT molecular complexity index is 2270. The molecule has 17 unspecified atom stereocenters. The number of hydrogen-bond acceptors (Lipinski definition) is 18. The van der Waals surface area contributed by atoms with Crippen LogP contribution in [0.15, 0.2) is 72.9 Å². The van der Waals surface area contributed by atoms with Crippen LogP contribution in [0.4, 0.5) is 0 Å². The lowest BCUT2D eigenvalue weighted by Gasteiger charge is -2.48. The first-order chi connectivity index (χ1) is 53.8. The minimum Gasteiger partial charge on any atom is -0.394 e. The lowest BCUT2D eigenvalue weighted by molar-refractivity contribution is -0.379. The summed E-state index contributed by atoms with van der Waals surface area (Å²) in [5.74, 6) is -0.237. The maximum absolute atomic E-state index is 13.5. The van der Waals surface area contributed by atoms with Crippen LogP contribution in [0.5, 0.6) is 0 Å². The van der Waals surface area contributed by atoms with Crippen LogP contribution in [0.3, 0.4) is 0 Å². The number of allylic oxidation sites excluding steroid dienone is 12. The summed E-state index contributed by atoms with van der Waals surface area (Å²) in [6.45, 7) is 1.74. The SMILES string of the molecule is CC/C=C\C/C=C\C/C=C\C/C=C\C/C=C\C/C=C\CCCCCCCCCCCCCCCCCCCCC(=O)NC(COC1OC(CO)C(OC2OC(CO)C(OC3OC(CO)C(O)C(O)C3O)C(O)C2O)C(O)C1O)C(O)CCCCCCCCCCCCCCCCCCCCCCCCCCCCCC. The predicted molar refractivity (Wildman–Crippen MR) is 443 cm³/mol. The van der Waals surface area contributed by atoms with Crippen LogP contribution in [0.1, 0.15) is 367 Å². The zero-order valence-corrected chi connectivity index (χ0v) is 69.2. The van der Waals surface area contributed by atoms with Gasteiger partial charge >= 0.3 is 0 Å². The summed E-state index contributed by atoms with van der Waals surface area (Å²) in [4.78, 5) is 13.5. The molecule has 0 saturated carbocycles. The highest BCUT2D eigenvalue weighted by Gasteiger charge is 2.54. The molecule has 0 aromatic rings. The van der Waals surface area contributed by atoms with Gasteiger partial charge in [0, 0.05) is 6.42 Å². The van der Waals surface area contributed by atoms with Gasteiger partial charge in [0.2, 0.25) is 5.91 Å². The molecule has 3 heterocycles. The quantitative estimate of drug-likeness (QED) is 0.0199. The largest absolute Gasteiger partial charge is 0.394 e. The van der Waals surface area contributed by atoms with Gasteiger partial charge in [0.1, 0.15) is 73.2 Å². The number of aliphatic hydroxyl groups is 11. The van der Waals surface area contributed by atoms with Crippen molar-refractivity contribution in [2.45, 2.75) is 471 Å². The maximum Gasteiger partial charge on any atom is 0.220 e. The molecule has 0 spiro atoms. The summed E-state index contributed by atoms with van der Waals surface area (Å²) in [6, 6.07) is -0.891. The fourth-order valence-electron chi connectivity index (χ4n) is 15.1. The predicted octanol–water partition coefficient (Wildman–Crippen LogP) is 17.1. The van der Waals surface area contributed by atoms with E-state index in [1.807, 2.05) is 0 Å². The highest BCUT2D eigenvalue weighted by molar-refractivity contribution is 5.76. The first-order valence-corrected chi connectivity index (χ1v) is 45.2.